The second-order valence-corrected chi connectivity index (χ2v) is 6.70. The van der Waals surface area contributed by atoms with E-state index in [0.717, 1.165) is 4.90 Å². The maximum absolute atomic E-state index is 12.6. The van der Waals surface area contributed by atoms with Crippen LogP contribution in [0.5, 0.6) is 5.75 Å². The molecule has 0 unspecified atom stereocenters. The van der Waals surface area contributed by atoms with Crippen molar-refractivity contribution in [2.75, 3.05) is 32.8 Å². The number of hydrogen-bond donors (Lipinski definition) is 1. The van der Waals surface area contributed by atoms with Crippen LogP contribution in [0.15, 0.2) is 18.2 Å². The molecule has 1 saturated heterocycles. The highest BCUT2D eigenvalue weighted by Gasteiger charge is 2.60. The monoisotopic (exact) mass is 469 g/mol. The lowest BCUT2D eigenvalue weighted by molar-refractivity contribution is -0.308. The van der Waals surface area contributed by atoms with E-state index in [9.17, 15) is 35.9 Å². The Morgan fingerprint density at radius 3 is 2.19 bits per heavy atom. The van der Waals surface area contributed by atoms with E-state index in [0.29, 0.717) is 5.56 Å². The number of carbonyl (C=O) groups excluding carboxylic acids is 1. The predicted molar refractivity (Wildman–Crippen MR) is 95.1 cm³/mol. The average Bonchev–Trinajstić information content (AvgIpc) is 2.69. The number of hydrogen-bond acceptors (Lipinski definition) is 5. The summed E-state index contributed by atoms with van der Waals surface area (Å²) in [7, 11) is 0. The molecule has 0 atom stereocenters. The minimum atomic E-state index is -5.79. The van der Waals surface area contributed by atoms with E-state index in [1.807, 2.05) is 0 Å². The van der Waals surface area contributed by atoms with E-state index in [4.69, 9.17) is 16.4 Å². The fraction of sp³-hybridized carbons (Fsp3) is 0.500. The molecule has 176 valence electrons. The minimum Gasteiger partial charge on any atom is -0.483 e. The first-order valence-electron chi connectivity index (χ1n) is 8.97. The van der Waals surface area contributed by atoms with Crippen LogP contribution in [0.4, 0.5) is 36.8 Å². The Balaban J connectivity index is 1.99. The summed E-state index contributed by atoms with van der Waals surface area (Å²) in [6.45, 7) is 6.38. The number of ether oxygens (including phenoxy) is 2. The van der Waals surface area contributed by atoms with Crippen molar-refractivity contribution in [2.24, 2.45) is 0 Å². The summed E-state index contributed by atoms with van der Waals surface area (Å²) in [5, 5.41) is 8.77. The molecule has 0 spiro atoms. The number of alkyl halides is 6. The quantitative estimate of drug-likeness (QED) is 0.508. The standard InChI is InChI=1S/C18H17F6N3O5/c1-25-12-3-2-11(13(8-12)31-10-14(28)29)9-26-4-6-27(7-5-26)16(30)32-15(17(19,20)21)18(22,23)24/h2-3,8,15H,4-7,9-10H2,(H,28,29). The van der Waals surface area contributed by atoms with Gasteiger partial charge in [-0.15, -0.1) is 0 Å². The van der Waals surface area contributed by atoms with Crippen LogP contribution in [-0.2, 0) is 16.1 Å². The van der Waals surface area contributed by atoms with Gasteiger partial charge in [0.15, 0.2) is 12.3 Å². The van der Waals surface area contributed by atoms with E-state index in [1.165, 1.54) is 12.1 Å². The Hall–Kier alpha value is -3.21. The number of carboxylic acids is 1. The van der Waals surface area contributed by atoms with Crippen molar-refractivity contribution in [1.82, 2.24) is 9.80 Å². The van der Waals surface area contributed by atoms with Gasteiger partial charge in [0.1, 0.15) is 5.75 Å². The predicted octanol–water partition coefficient (Wildman–Crippen LogP) is 3.45. The van der Waals surface area contributed by atoms with Gasteiger partial charge in [-0.3, -0.25) is 4.90 Å². The van der Waals surface area contributed by atoms with Gasteiger partial charge in [-0.2, -0.15) is 26.3 Å². The van der Waals surface area contributed by atoms with Gasteiger partial charge in [-0.1, -0.05) is 12.1 Å². The first-order valence-corrected chi connectivity index (χ1v) is 8.97. The number of rotatable bonds is 6. The second-order valence-electron chi connectivity index (χ2n) is 6.70. The molecule has 0 radical (unpaired) electrons. The molecule has 8 nitrogen and oxygen atoms in total. The Bertz CT molecular complexity index is 861. The first kappa shape index (κ1) is 25.1. The van der Waals surface area contributed by atoms with Crippen molar-refractivity contribution in [3.05, 3.63) is 35.2 Å². The van der Waals surface area contributed by atoms with Gasteiger partial charge < -0.3 is 19.5 Å². The third-order valence-electron chi connectivity index (χ3n) is 4.37. The summed E-state index contributed by atoms with van der Waals surface area (Å²) in [5.41, 5.74) is 0.731. The molecule has 1 aliphatic rings. The van der Waals surface area contributed by atoms with Crippen LogP contribution in [0.3, 0.4) is 0 Å². The molecule has 0 saturated carbocycles. The highest BCUT2D eigenvalue weighted by molar-refractivity contribution is 5.69. The van der Waals surface area contributed by atoms with Gasteiger partial charge in [-0.25, -0.2) is 14.4 Å². The number of amides is 1. The Kier molecular flexibility index (Phi) is 7.78. The normalized spacial score (nSPS) is 15.4. The summed E-state index contributed by atoms with van der Waals surface area (Å²) in [6.07, 6.45) is -17.5. The second kappa shape index (κ2) is 9.94. The number of piperazine rings is 1. The number of aliphatic carboxylic acids is 1. The van der Waals surface area contributed by atoms with Crippen LogP contribution < -0.4 is 4.74 Å². The Labute approximate surface area is 177 Å². The van der Waals surface area contributed by atoms with E-state index < -0.39 is 37.1 Å². The molecule has 1 aromatic rings. The van der Waals surface area contributed by atoms with Crippen molar-refractivity contribution in [3.8, 4) is 5.75 Å². The molecule has 1 N–H and O–H groups in total. The molecule has 14 heteroatoms. The molecule has 0 bridgehead atoms. The van der Waals surface area contributed by atoms with Gasteiger partial charge in [0.2, 0.25) is 0 Å². The average molecular weight is 469 g/mol. The van der Waals surface area contributed by atoms with Crippen LogP contribution >= 0.6 is 0 Å². The van der Waals surface area contributed by atoms with E-state index in [2.05, 4.69) is 9.58 Å². The molecule has 1 fully saturated rings. The highest BCUT2D eigenvalue weighted by Crippen LogP contribution is 2.36. The zero-order chi connectivity index (χ0) is 24.1. The Morgan fingerprint density at radius 1 is 1.09 bits per heavy atom. The van der Waals surface area contributed by atoms with E-state index in [-0.39, 0.29) is 44.2 Å². The maximum atomic E-state index is 12.6. The number of carbonyl (C=O) groups is 2. The Morgan fingerprint density at radius 2 is 1.69 bits per heavy atom. The lowest BCUT2D eigenvalue weighted by Gasteiger charge is -2.35. The maximum Gasteiger partial charge on any atom is 0.434 e. The first-order chi connectivity index (χ1) is 14.8. The summed E-state index contributed by atoms with van der Waals surface area (Å²) in [4.78, 5) is 28.3. The van der Waals surface area contributed by atoms with Crippen molar-refractivity contribution in [1.29, 1.82) is 0 Å². The molecule has 1 aliphatic heterocycles. The molecule has 0 aliphatic carbocycles. The van der Waals surface area contributed by atoms with Crippen LogP contribution in [0.25, 0.3) is 4.85 Å². The third kappa shape index (κ3) is 6.91. The minimum absolute atomic E-state index is 0.0980. The number of carboxylic acid groups (broad SMARTS) is 1. The van der Waals surface area contributed by atoms with E-state index >= 15 is 0 Å². The SMILES string of the molecule is [C-]#[N+]c1ccc(CN2CCN(C(=O)OC(C(F)(F)F)C(F)(F)F)CC2)c(OCC(=O)O)c1. The van der Waals surface area contributed by atoms with Crippen molar-refractivity contribution in [3.63, 3.8) is 0 Å². The number of nitrogens with zero attached hydrogens (tertiary/aromatic N) is 3. The molecule has 1 heterocycles. The molecule has 0 aromatic heterocycles. The van der Waals surface area contributed by atoms with Crippen LogP contribution in [0, 0.1) is 6.57 Å². The molecule has 1 amide bonds. The summed E-state index contributed by atoms with van der Waals surface area (Å²) in [6, 6.07) is 4.38. The topological polar surface area (TPSA) is 83.7 Å². The lowest BCUT2D eigenvalue weighted by Crippen LogP contribution is -2.52. The number of halogens is 6. The molecule has 32 heavy (non-hydrogen) atoms. The smallest absolute Gasteiger partial charge is 0.434 e. The van der Waals surface area contributed by atoms with Gasteiger partial charge >= 0.3 is 24.4 Å². The zero-order valence-corrected chi connectivity index (χ0v) is 16.2. The summed E-state index contributed by atoms with van der Waals surface area (Å²) >= 11 is 0. The fourth-order valence-electron chi connectivity index (χ4n) is 2.84. The van der Waals surface area contributed by atoms with Crippen LogP contribution in [0.1, 0.15) is 5.56 Å². The summed E-state index contributed by atoms with van der Waals surface area (Å²) < 4.78 is 84.2. The highest BCUT2D eigenvalue weighted by atomic mass is 19.4. The zero-order valence-electron chi connectivity index (χ0n) is 16.2. The lowest BCUT2D eigenvalue weighted by atomic mass is 10.1. The van der Waals surface area contributed by atoms with Crippen molar-refractivity contribution in [2.45, 2.75) is 25.0 Å². The van der Waals surface area contributed by atoms with E-state index in [1.54, 1.807) is 11.0 Å². The third-order valence-corrected chi connectivity index (χ3v) is 4.37. The van der Waals surface area contributed by atoms with Crippen LogP contribution in [0.2, 0.25) is 0 Å². The molecular formula is C18H17F6N3O5. The summed E-state index contributed by atoms with van der Waals surface area (Å²) in [5.74, 6) is -1.08. The van der Waals surface area contributed by atoms with Gasteiger partial charge in [0, 0.05) is 38.3 Å². The molecular weight excluding hydrogens is 452 g/mol. The van der Waals surface area contributed by atoms with Gasteiger partial charge in [0.05, 0.1) is 6.57 Å². The van der Waals surface area contributed by atoms with Gasteiger partial charge in [0.25, 0.3) is 6.10 Å². The number of benzene rings is 1. The van der Waals surface area contributed by atoms with Crippen molar-refractivity contribution < 1.29 is 50.5 Å². The van der Waals surface area contributed by atoms with Crippen molar-refractivity contribution >= 4 is 17.7 Å². The fourth-order valence-corrected chi connectivity index (χ4v) is 2.84. The molecule has 2 rings (SSSR count). The largest absolute Gasteiger partial charge is 0.483 e. The molecule has 1 aromatic carbocycles. The van der Waals surface area contributed by atoms with Gasteiger partial charge in [-0.05, 0) is 6.07 Å². The van der Waals surface area contributed by atoms with Crippen LogP contribution in [-0.4, -0.2) is 78.2 Å².